The minimum atomic E-state index is -2.89. The van der Waals surface area contributed by atoms with Crippen LogP contribution in [0.5, 0.6) is 0 Å². The first-order valence-electron chi connectivity index (χ1n) is 7.01. The number of anilines is 1. The zero-order chi connectivity index (χ0) is 14.2. The zero-order valence-corrected chi connectivity index (χ0v) is 12.1. The fourth-order valence-electron chi connectivity index (χ4n) is 2.50. The molecule has 20 heavy (non-hydrogen) atoms. The van der Waals surface area contributed by atoms with Crippen molar-refractivity contribution in [1.82, 2.24) is 5.32 Å². The first-order valence-corrected chi connectivity index (χ1v) is 8.83. The van der Waals surface area contributed by atoms with Gasteiger partial charge in [0.15, 0.2) is 9.84 Å². The van der Waals surface area contributed by atoms with Crippen LogP contribution in [0.25, 0.3) is 0 Å². The van der Waals surface area contributed by atoms with Gasteiger partial charge in [0, 0.05) is 31.4 Å². The van der Waals surface area contributed by atoms with E-state index in [4.69, 9.17) is 0 Å². The van der Waals surface area contributed by atoms with Gasteiger partial charge < -0.3 is 10.2 Å². The van der Waals surface area contributed by atoms with E-state index in [9.17, 15) is 12.8 Å². The Kier molecular flexibility index (Phi) is 3.69. The van der Waals surface area contributed by atoms with E-state index in [0.717, 1.165) is 11.3 Å². The Bertz CT molecular complexity index is 585. The van der Waals surface area contributed by atoms with Gasteiger partial charge >= 0.3 is 0 Å². The molecule has 1 saturated heterocycles. The standard InChI is InChI=1S/C14H19FN2O2S/c15-12-1-4-14(11(9-12)10-16-13-2-3-13)17-5-7-20(18,19)8-6-17/h1,4,9,13,16H,2-3,5-8,10H2. The van der Waals surface area contributed by atoms with Crippen LogP contribution in [-0.4, -0.2) is 39.1 Å². The molecule has 2 aliphatic rings. The summed E-state index contributed by atoms with van der Waals surface area (Å²) in [5, 5.41) is 3.38. The average molecular weight is 298 g/mol. The van der Waals surface area contributed by atoms with Crippen molar-refractivity contribution in [1.29, 1.82) is 0 Å². The summed E-state index contributed by atoms with van der Waals surface area (Å²) in [7, 11) is -2.89. The van der Waals surface area contributed by atoms with Gasteiger partial charge in [0.25, 0.3) is 0 Å². The fourth-order valence-corrected chi connectivity index (χ4v) is 3.70. The van der Waals surface area contributed by atoms with Gasteiger partial charge in [-0.1, -0.05) is 0 Å². The number of nitrogens with zero attached hydrogens (tertiary/aromatic N) is 1. The van der Waals surface area contributed by atoms with E-state index in [-0.39, 0.29) is 17.3 Å². The molecular weight excluding hydrogens is 279 g/mol. The summed E-state index contributed by atoms with van der Waals surface area (Å²) in [4.78, 5) is 2.05. The van der Waals surface area contributed by atoms with Crippen molar-refractivity contribution >= 4 is 15.5 Å². The predicted molar refractivity (Wildman–Crippen MR) is 77.1 cm³/mol. The Morgan fingerprint density at radius 2 is 1.95 bits per heavy atom. The zero-order valence-electron chi connectivity index (χ0n) is 11.3. The quantitative estimate of drug-likeness (QED) is 0.910. The maximum Gasteiger partial charge on any atom is 0.153 e. The summed E-state index contributed by atoms with van der Waals surface area (Å²) in [6.45, 7) is 1.62. The number of nitrogens with one attached hydrogen (secondary N) is 1. The molecule has 1 heterocycles. The summed E-state index contributed by atoms with van der Waals surface area (Å²) in [5.74, 6) is 0.116. The van der Waals surface area contributed by atoms with Crippen molar-refractivity contribution in [3.63, 3.8) is 0 Å². The Balaban J connectivity index is 1.77. The molecule has 1 aliphatic carbocycles. The molecule has 1 aromatic carbocycles. The van der Waals surface area contributed by atoms with Gasteiger partial charge in [0.05, 0.1) is 11.5 Å². The first-order chi connectivity index (χ1) is 9.53. The lowest BCUT2D eigenvalue weighted by molar-refractivity contribution is 0.585. The van der Waals surface area contributed by atoms with E-state index < -0.39 is 9.84 Å². The topological polar surface area (TPSA) is 49.4 Å². The van der Waals surface area contributed by atoms with Crippen molar-refractivity contribution in [3.8, 4) is 0 Å². The van der Waals surface area contributed by atoms with Gasteiger partial charge in [-0.15, -0.1) is 0 Å². The number of halogens is 1. The summed E-state index contributed by atoms with van der Waals surface area (Å²) < 4.78 is 36.4. The average Bonchev–Trinajstić information content (AvgIpc) is 3.21. The summed E-state index contributed by atoms with van der Waals surface area (Å²) in [5.41, 5.74) is 1.87. The molecule has 1 aromatic rings. The maximum atomic E-state index is 13.4. The van der Waals surface area contributed by atoms with E-state index in [1.807, 2.05) is 4.90 Å². The van der Waals surface area contributed by atoms with Gasteiger partial charge in [-0.3, -0.25) is 0 Å². The van der Waals surface area contributed by atoms with Crippen LogP contribution in [0.3, 0.4) is 0 Å². The van der Waals surface area contributed by atoms with Crippen molar-refractivity contribution < 1.29 is 12.8 Å². The Labute approximate surface area is 118 Å². The van der Waals surface area contributed by atoms with Crippen molar-refractivity contribution in [2.75, 3.05) is 29.5 Å². The molecule has 0 spiro atoms. The third-order valence-corrected chi connectivity index (χ3v) is 5.49. The van der Waals surface area contributed by atoms with Crippen molar-refractivity contribution in [2.45, 2.75) is 25.4 Å². The van der Waals surface area contributed by atoms with Gasteiger partial charge in [0.2, 0.25) is 0 Å². The second kappa shape index (κ2) is 5.33. The number of rotatable bonds is 4. The first kappa shape index (κ1) is 13.8. The SMILES string of the molecule is O=S1(=O)CCN(c2ccc(F)cc2CNC2CC2)CC1. The Morgan fingerprint density at radius 3 is 2.60 bits per heavy atom. The summed E-state index contributed by atoms with van der Waals surface area (Å²) in [6, 6.07) is 5.32. The highest BCUT2D eigenvalue weighted by Crippen LogP contribution is 2.25. The lowest BCUT2D eigenvalue weighted by atomic mass is 10.1. The third-order valence-electron chi connectivity index (χ3n) is 3.89. The van der Waals surface area contributed by atoms with Crippen LogP contribution in [0.1, 0.15) is 18.4 Å². The van der Waals surface area contributed by atoms with Crippen LogP contribution in [0.15, 0.2) is 18.2 Å². The van der Waals surface area contributed by atoms with Crippen LogP contribution in [0.2, 0.25) is 0 Å². The summed E-state index contributed by atoms with van der Waals surface area (Å²) >= 11 is 0. The number of sulfone groups is 1. The molecule has 6 heteroatoms. The molecule has 4 nitrogen and oxygen atoms in total. The molecule has 0 bridgehead atoms. The highest BCUT2D eigenvalue weighted by molar-refractivity contribution is 7.91. The Morgan fingerprint density at radius 1 is 1.25 bits per heavy atom. The Hall–Kier alpha value is -1.14. The fraction of sp³-hybridized carbons (Fsp3) is 0.571. The summed E-state index contributed by atoms with van der Waals surface area (Å²) in [6.07, 6.45) is 2.37. The van der Waals surface area contributed by atoms with Crippen LogP contribution in [-0.2, 0) is 16.4 Å². The molecule has 0 aromatic heterocycles. The second-order valence-electron chi connectivity index (χ2n) is 5.57. The minimum Gasteiger partial charge on any atom is -0.369 e. The largest absolute Gasteiger partial charge is 0.369 e. The molecule has 3 rings (SSSR count). The van der Waals surface area contributed by atoms with E-state index in [2.05, 4.69) is 5.32 Å². The molecule has 110 valence electrons. The number of hydrogen-bond donors (Lipinski definition) is 1. The molecule has 0 radical (unpaired) electrons. The lowest BCUT2D eigenvalue weighted by Gasteiger charge is -2.30. The van der Waals surface area contributed by atoms with Crippen LogP contribution in [0, 0.1) is 5.82 Å². The number of benzene rings is 1. The van der Waals surface area contributed by atoms with E-state index in [1.54, 1.807) is 12.1 Å². The van der Waals surface area contributed by atoms with Gasteiger partial charge in [0.1, 0.15) is 5.82 Å². The van der Waals surface area contributed by atoms with Crippen LogP contribution in [0.4, 0.5) is 10.1 Å². The molecule has 0 amide bonds. The predicted octanol–water partition coefficient (Wildman–Crippen LogP) is 1.31. The van der Waals surface area contributed by atoms with E-state index >= 15 is 0 Å². The molecule has 0 atom stereocenters. The lowest BCUT2D eigenvalue weighted by Crippen LogP contribution is -2.41. The monoisotopic (exact) mass is 298 g/mol. The van der Waals surface area contributed by atoms with Gasteiger partial charge in [-0.2, -0.15) is 0 Å². The highest BCUT2D eigenvalue weighted by Gasteiger charge is 2.24. The molecule has 1 N–H and O–H groups in total. The highest BCUT2D eigenvalue weighted by atomic mass is 32.2. The minimum absolute atomic E-state index is 0.180. The van der Waals surface area contributed by atoms with E-state index in [1.165, 1.54) is 18.9 Å². The van der Waals surface area contributed by atoms with Crippen molar-refractivity contribution in [3.05, 3.63) is 29.6 Å². The van der Waals surface area contributed by atoms with Gasteiger partial charge in [-0.25, -0.2) is 12.8 Å². The molecule has 0 unspecified atom stereocenters. The normalized spacial score (nSPS) is 21.9. The van der Waals surface area contributed by atoms with Crippen LogP contribution >= 0.6 is 0 Å². The van der Waals surface area contributed by atoms with Crippen molar-refractivity contribution in [2.24, 2.45) is 0 Å². The molecule has 2 fully saturated rings. The molecule has 1 aliphatic heterocycles. The van der Waals surface area contributed by atoms with Crippen LogP contribution < -0.4 is 10.2 Å². The van der Waals surface area contributed by atoms with E-state index in [0.29, 0.717) is 25.7 Å². The second-order valence-corrected chi connectivity index (χ2v) is 7.87. The third kappa shape index (κ3) is 3.30. The maximum absolute atomic E-state index is 13.4. The van der Waals surface area contributed by atoms with Gasteiger partial charge in [-0.05, 0) is 36.6 Å². The number of hydrogen-bond acceptors (Lipinski definition) is 4. The molecule has 1 saturated carbocycles. The smallest absolute Gasteiger partial charge is 0.153 e. The molecular formula is C14H19FN2O2S.